The van der Waals surface area contributed by atoms with E-state index in [-0.39, 0.29) is 23.2 Å². The van der Waals surface area contributed by atoms with E-state index in [2.05, 4.69) is 34.3 Å². The molecule has 1 aliphatic rings. The Balaban J connectivity index is 2.78. The first kappa shape index (κ1) is 13.5. The Bertz CT molecular complexity index is 281. The van der Waals surface area contributed by atoms with E-state index in [0.717, 1.165) is 12.8 Å². The Morgan fingerprint density at radius 1 is 1.38 bits per heavy atom. The van der Waals surface area contributed by atoms with Crippen molar-refractivity contribution in [2.24, 2.45) is 0 Å². The summed E-state index contributed by atoms with van der Waals surface area (Å²) in [6, 6.07) is 0. The second kappa shape index (κ2) is 4.38. The Labute approximate surface area is 103 Å². The molecule has 0 aromatic heterocycles. The lowest BCUT2D eigenvalue weighted by atomic mass is 9.81. The summed E-state index contributed by atoms with van der Waals surface area (Å²) < 4.78 is 7.15. The molecule has 0 N–H and O–H groups in total. The third-order valence-electron chi connectivity index (χ3n) is 2.97. The van der Waals surface area contributed by atoms with Crippen molar-refractivity contribution in [2.45, 2.75) is 57.7 Å². The first-order valence-corrected chi connectivity index (χ1v) is 5.82. The van der Waals surface area contributed by atoms with Gasteiger partial charge in [0.15, 0.2) is 0 Å². The summed E-state index contributed by atoms with van der Waals surface area (Å²) >= 11 is 6.31. The highest BCUT2D eigenvalue weighted by atomic mass is 35.5. The largest absolute Gasteiger partial charge is 0.459 e. The van der Waals surface area contributed by atoms with Crippen molar-refractivity contribution in [3.63, 3.8) is 0 Å². The van der Waals surface area contributed by atoms with Gasteiger partial charge < -0.3 is 4.74 Å². The predicted molar refractivity (Wildman–Crippen MR) is 65.2 cm³/mol. The second-order valence-electron chi connectivity index (χ2n) is 5.58. The van der Waals surface area contributed by atoms with Crippen LogP contribution in [0.4, 0.5) is 0 Å². The van der Waals surface area contributed by atoms with E-state index in [4.69, 9.17) is 16.5 Å². The maximum Gasteiger partial charge on any atom is 0.330 e. The van der Waals surface area contributed by atoms with Crippen molar-refractivity contribution in [3.8, 4) is 0 Å². The van der Waals surface area contributed by atoms with Gasteiger partial charge in [-0.2, -0.15) is 0 Å². The number of rotatable bonds is 2. The fourth-order valence-electron chi connectivity index (χ4n) is 2.46. The van der Waals surface area contributed by atoms with Crippen molar-refractivity contribution < 1.29 is 9.53 Å². The molecule has 92 valence electrons. The van der Waals surface area contributed by atoms with Crippen LogP contribution in [-0.4, -0.2) is 27.6 Å². The van der Waals surface area contributed by atoms with Gasteiger partial charge in [0.2, 0.25) is 0 Å². The molecular formula is C12H20ClNO2. The molecule has 0 atom stereocenters. The molecular weight excluding hydrogens is 226 g/mol. The normalized spacial score (nSPS) is 25.1. The number of halogens is 1. The Kier molecular flexibility index (Phi) is 3.70. The zero-order valence-corrected chi connectivity index (χ0v) is 11.2. The minimum absolute atomic E-state index is 0.0921. The molecule has 4 heteroatoms. The minimum atomic E-state index is -0.361. The fourth-order valence-corrected chi connectivity index (χ4v) is 2.60. The molecule has 0 aromatic rings. The number of hydrogen-bond donors (Lipinski definition) is 0. The molecule has 1 aliphatic heterocycles. The van der Waals surface area contributed by atoms with E-state index in [0.29, 0.717) is 0 Å². The van der Waals surface area contributed by atoms with Gasteiger partial charge in [-0.05, 0) is 39.5 Å². The average Bonchev–Trinajstić information content (AvgIpc) is 2.13. The Hall–Kier alpha value is -0.540. The summed E-state index contributed by atoms with van der Waals surface area (Å²) in [5, 5.41) is 0. The summed E-state index contributed by atoms with van der Waals surface area (Å²) in [4.78, 5) is 11.2. The first-order chi connectivity index (χ1) is 7.19. The molecule has 1 fully saturated rings. The van der Waals surface area contributed by atoms with Crippen molar-refractivity contribution in [3.05, 3.63) is 12.7 Å². The summed E-state index contributed by atoms with van der Waals surface area (Å²) in [5.74, 6) is -0.361. The SMILES string of the molecule is C=CC(=O)OC1CC(C)(C)N(Cl)C(C)(C)C1. The molecule has 1 saturated heterocycles. The van der Waals surface area contributed by atoms with Crippen molar-refractivity contribution in [2.75, 3.05) is 0 Å². The van der Waals surface area contributed by atoms with Crippen LogP contribution in [0.15, 0.2) is 12.7 Å². The quantitative estimate of drug-likeness (QED) is 0.426. The van der Waals surface area contributed by atoms with Crippen LogP contribution in [0.5, 0.6) is 0 Å². The average molecular weight is 246 g/mol. The lowest BCUT2D eigenvalue weighted by Gasteiger charge is -2.50. The van der Waals surface area contributed by atoms with Crippen molar-refractivity contribution in [1.29, 1.82) is 0 Å². The summed E-state index contributed by atoms with van der Waals surface area (Å²) in [7, 11) is 0. The highest BCUT2D eigenvalue weighted by Crippen LogP contribution is 2.40. The van der Waals surface area contributed by atoms with E-state index < -0.39 is 0 Å². The van der Waals surface area contributed by atoms with E-state index in [1.807, 2.05) is 4.42 Å². The van der Waals surface area contributed by atoms with E-state index in [1.54, 1.807) is 0 Å². The van der Waals surface area contributed by atoms with Crippen LogP contribution in [0, 0.1) is 0 Å². The molecule has 0 aliphatic carbocycles. The first-order valence-electron chi connectivity index (χ1n) is 5.48. The van der Waals surface area contributed by atoms with Gasteiger partial charge in [-0.1, -0.05) is 6.58 Å². The van der Waals surface area contributed by atoms with Crippen LogP contribution in [0.1, 0.15) is 40.5 Å². The maximum absolute atomic E-state index is 11.2. The molecule has 0 saturated carbocycles. The molecule has 16 heavy (non-hydrogen) atoms. The predicted octanol–water partition coefficient (Wildman–Crippen LogP) is 2.89. The zero-order chi connectivity index (χ0) is 12.6. The third-order valence-corrected chi connectivity index (χ3v) is 3.88. The number of carbonyl (C=O) groups is 1. The van der Waals surface area contributed by atoms with Crippen LogP contribution < -0.4 is 0 Å². The van der Waals surface area contributed by atoms with Crippen molar-refractivity contribution >= 4 is 17.7 Å². The summed E-state index contributed by atoms with van der Waals surface area (Å²) in [6.07, 6.45) is 2.58. The zero-order valence-electron chi connectivity index (χ0n) is 10.4. The van der Waals surface area contributed by atoms with Crippen LogP contribution >= 0.6 is 11.8 Å². The molecule has 0 bridgehead atoms. The second-order valence-corrected chi connectivity index (χ2v) is 5.92. The van der Waals surface area contributed by atoms with Crippen LogP contribution in [0.2, 0.25) is 0 Å². The maximum atomic E-state index is 11.2. The Morgan fingerprint density at radius 3 is 2.19 bits per heavy atom. The summed E-state index contributed by atoms with van der Waals surface area (Å²) in [6.45, 7) is 11.6. The van der Waals surface area contributed by atoms with Gasteiger partial charge in [0.05, 0.1) is 0 Å². The topological polar surface area (TPSA) is 29.5 Å². The molecule has 0 spiro atoms. The Morgan fingerprint density at radius 2 is 1.81 bits per heavy atom. The van der Waals surface area contributed by atoms with Gasteiger partial charge in [0.25, 0.3) is 0 Å². The molecule has 0 amide bonds. The molecule has 0 radical (unpaired) electrons. The fraction of sp³-hybridized carbons (Fsp3) is 0.750. The van der Waals surface area contributed by atoms with Crippen LogP contribution in [-0.2, 0) is 9.53 Å². The highest BCUT2D eigenvalue weighted by Gasteiger charge is 2.45. The summed E-state index contributed by atoms with van der Waals surface area (Å²) in [5.41, 5.74) is -0.370. The number of hydrogen-bond acceptors (Lipinski definition) is 3. The van der Waals surface area contributed by atoms with E-state index in [1.165, 1.54) is 6.08 Å². The lowest BCUT2D eigenvalue weighted by molar-refractivity contribution is -0.149. The molecule has 3 nitrogen and oxygen atoms in total. The molecule has 1 rings (SSSR count). The smallest absolute Gasteiger partial charge is 0.330 e. The van der Waals surface area contributed by atoms with Crippen LogP contribution in [0.3, 0.4) is 0 Å². The van der Waals surface area contributed by atoms with Crippen LogP contribution in [0.25, 0.3) is 0 Å². The monoisotopic (exact) mass is 245 g/mol. The standard InChI is InChI=1S/C12H20ClNO2/c1-6-10(15)16-9-7-11(2,3)14(13)12(4,5)8-9/h6,9H,1,7-8H2,2-5H3. The number of nitrogens with zero attached hydrogens (tertiary/aromatic N) is 1. The molecule has 0 unspecified atom stereocenters. The number of carbonyl (C=O) groups excluding carboxylic acids is 1. The molecule has 0 aromatic carbocycles. The number of esters is 1. The number of piperidine rings is 1. The van der Waals surface area contributed by atoms with Gasteiger partial charge in [0.1, 0.15) is 6.10 Å². The molecule has 1 heterocycles. The third kappa shape index (κ3) is 2.77. The van der Waals surface area contributed by atoms with Gasteiger partial charge in [-0.15, -0.1) is 0 Å². The highest BCUT2D eigenvalue weighted by molar-refractivity contribution is 6.14. The number of ether oxygens (including phenoxy) is 1. The lowest BCUT2D eigenvalue weighted by Crippen LogP contribution is -2.57. The van der Waals surface area contributed by atoms with Gasteiger partial charge in [-0.25, -0.2) is 9.21 Å². The van der Waals surface area contributed by atoms with E-state index >= 15 is 0 Å². The van der Waals surface area contributed by atoms with Crippen molar-refractivity contribution in [1.82, 2.24) is 4.42 Å². The van der Waals surface area contributed by atoms with Gasteiger partial charge >= 0.3 is 5.97 Å². The van der Waals surface area contributed by atoms with Gasteiger partial charge in [-0.3, -0.25) is 0 Å². The van der Waals surface area contributed by atoms with Gasteiger partial charge in [0, 0.05) is 30.0 Å². The minimum Gasteiger partial charge on any atom is -0.459 e. The van der Waals surface area contributed by atoms with E-state index in [9.17, 15) is 4.79 Å².